The number of anilines is 2. The predicted octanol–water partition coefficient (Wildman–Crippen LogP) is 2.38. The van der Waals surface area contributed by atoms with Crippen molar-refractivity contribution in [2.45, 2.75) is 30.8 Å². The summed E-state index contributed by atoms with van der Waals surface area (Å²) in [7, 11) is 0. The Hall–Kier alpha value is -0.970. The van der Waals surface area contributed by atoms with Gasteiger partial charge in [-0.25, -0.2) is 9.97 Å². The van der Waals surface area contributed by atoms with Gasteiger partial charge in [-0.05, 0) is 25.0 Å². The lowest BCUT2D eigenvalue weighted by atomic mass is 10.1. The topological polar surface area (TPSA) is 63.8 Å². The van der Waals surface area contributed by atoms with Gasteiger partial charge in [-0.2, -0.15) is 0 Å². The Morgan fingerprint density at radius 2 is 2.19 bits per heavy atom. The number of rotatable bonds is 4. The van der Waals surface area contributed by atoms with Crippen LogP contribution in [0, 0.1) is 5.92 Å². The summed E-state index contributed by atoms with van der Waals surface area (Å²) < 4.78 is 0. The van der Waals surface area contributed by atoms with Crippen LogP contribution in [0.5, 0.6) is 0 Å². The highest BCUT2D eigenvalue weighted by Crippen LogP contribution is 2.25. The van der Waals surface area contributed by atoms with E-state index in [4.69, 9.17) is 5.73 Å². The average Bonchev–Trinajstić information content (AvgIpc) is 2.78. The average molecular weight is 238 g/mol. The number of nitrogens with zero attached hydrogens (tertiary/aromatic N) is 2. The first-order valence-corrected chi connectivity index (χ1v) is 6.93. The molecule has 1 aromatic rings. The highest BCUT2D eigenvalue weighted by Gasteiger charge is 2.14. The van der Waals surface area contributed by atoms with Gasteiger partial charge >= 0.3 is 0 Å². The summed E-state index contributed by atoms with van der Waals surface area (Å²) in [5.41, 5.74) is 5.71. The maximum Gasteiger partial charge on any atom is 0.191 e. The van der Waals surface area contributed by atoms with Crippen molar-refractivity contribution in [3.8, 4) is 0 Å². The Balaban J connectivity index is 1.94. The van der Waals surface area contributed by atoms with E-state index in [1.165, 1.54) is 37.4 Å². The molecule has 0 amide bonds. The van der Waals surface area contributed by atoms with Crippen LogP contribution in [0.15, 0.2) is 11.2 Å². The highest BCUT2D eigenvalue weighted by atomic mass is 32.2. The molecule has 0 radical (unpaired) electrons. The van der Waals surface area contributed by atoms with Crippen molar-refractivity contribution in [2.24, 2.45) is 5.92 Å². The molecule has 5 heteroatoms. The van der Waals surface area contributed by atoms with Crippen molar-refractivity contribution < 1.29 is 0 Å². The molecule has 1 saturated carbocycles. The van der Waals surface area contributed by atoms with Crippen LogP contribution < -0.4 is 11.1 Å². The van der Waals surface area contributed by atoms with Gasteiger partial charge in [0.15, 0.2) is 5.16 Å². The zero-order valence-corrected chi connectivity index (χ0v) is 10.4. The van der Waals surface area contributed by atoms with Gasteiger partial charge in [0.2, 0.25) is 0 Å². The lowest BCUT2D eigenvalue weighted by Gasteiger charge is -2.11. The molecule has 0 bridgehead atoms. The molecule has 0 aromatic carbocycles. The number of aromatic nitrogens is 2. The maximum absolute atomic E-state index is 5.71. The van der Waals surface area contributed by atoms with Crippen LogP contribution in [0.3, 0.4) is 0 Å². The van der Waals surface area contributed by atoms with Gasteiger partial charge in [0.1, 0.15) is 11.6 Å². The molecule has 0 saturated heterocycles. The Bertz CT molecular complexity index is 350. The monoisotopic (exact) mass is 238 g/mol. The minimum atomic E-state index is 0.535. The molecule has 0 aliphatic heterocycles. The quantitative estimate of drug-likeness (QED) is 0.623. The lowest BCUT2D eigenvalue weighted by molar-refractivity contribution is 0.578. The Labute approximate surface area is 100 Å². The molecular formula is C11H18N4S. The van der Waals surface area contributed by atoms with Crippen molar-refractivity contribution in [3.63, 3.8) is 0 Å². The van der Waals surface area contributed by atoms with Crippen LogP contribution in [0.4, 0.5) is 11.6 Å². The van der Waals surface area contributed by atoms with Gasteiger partial charge in [0.25, 0.3) is 0 Å². The van der Waals surface area contributed by atoms with E-state index >= 15 is 0 Å². The first-order chi connectivity index (χ1) is 7.78. The van der Waals surface area contributed by atoms with Crippen molar-refractivity contribution in [1.82, 2.24) is 9.97 Å². The summed E-state index contributed by atoms with van der Waals surface area (Å²) in [5.74, 6) is 2.19. The van der Waals surface area contributed by atoms with Crippen LogP contribution in [0.2, 0.25) is 0 Å². The second-order valence-electron chi connectivity index (χ2n) is 4.20. The third kappa shape index (κ3) is 3.01. The largest absolute Gasteiger partial charge is 0.383 e. The van der Waals surface area contributed by atoms with Gasteiger partial charge in [-0.15, -0.1) is 0 Å². The molecule has 4 nitrogen and oxygen atoms in total. The Kier molecular flexibility index (Phi) is 3.88. The van der Waals surface area contributed by atoms with E-state index in [-0.39, 0.29) is 0 Å². The van der Waals surface area contributed by atoms with E-state index < -0.39 is 0 Å². The number of nitrogen functional groups attached to an aromatic ring is 1. The first-order valence-electron chi connectivity index (χ1n) is 5.70. The normalized spacial score (nSPS) is 16.6. The van der Waals surface area contributed by atoms with Crippen molar-refractivity contribution >= 4 is 23.4 Å². The van der Waals surface area contributed by atoms with Crippen LogP contribution in [0.25, 0.3) is 0 Å². The molecule has 1 aliphatic carbocycles. The molecular weight excluding hydrogens is 220 g/mol. The molecule has 0 unspecified atom stereocenters. The van der Waals surface area contributed by atoms with Crippen molar-refractivity contribution in [3.05, 3.63) is 6.07 Å². The molecule has 16 heavy (non-hydrogen) atoms. The molecule has 88 valence electrons. The van der Waals surface area contributed by atoms with Crippen molar-refractivity contribution in [2.75, 3.05) is 23.9 Å². The number of nitrogens with two attached hydrogens (primary N) is 1. The fraction of sp³-hybridized carbons (Fsp3) is 0.636. The number of hydrogen-bond donors (Lipinski definition) is 2. The van der Waals surface area contributed by atoms with E-state index in [0.717, 1.165) is 23.4 Å². The summed E-state index contributed by atoms with van der Waals surface area (Å²) in [6, 6.07) is 1.80. The SMILES string of the molecule is CSc1nc(N)cc(NCC2CCCC2)n1. The number of nitrogens with one attached hydrogen (secondary N) is 1. The Morgan fingerprint density at radius 3 is 2.88 bits per heavy atom. The molecule has 0 spiro atoms. The molecule has 3 N–H and O–H groups in total. The predicted molar refractivity (Wildman–Crippen MR) is 68.7 cm³/mol. The zero-order valence-electron chi connectivity index (χ0n) is 9.57. The second kappa shape index (κ2) is 5.39. The molecule has 1 aliphatic rings. The minimum absolute atomic E-state index is 0.535. The zero-order chi connectivity index (χ0) is 11.4. The summed E-state index contributed by atoms with van der Waals surface area (Å²) >= 11 is 1.51. The standard InChI is InChI=1S/C11H18N4S/c1-16-11-14-9(12)6-10(15-11)13-7-8-4-2-3-5-8/h6,8H,2-5,7H2,1H3,(H3,12,13,14,15). The van der Waals surface area contributed by atoms with E-state index in [2.05, 4.69) is 15.3 Å². The molecule has 1 aromatic heterocycles. The minimum Gasteiger partial charge on any atom is -0.383 e. The van der Waals surface area contributed by atoms with Gasteiger partial charge < -0.3 is 11.1 Å². The molecule has 2 rings (SSSR count). The van der Waals surface area contributed by atoms with Gasteiger partial charge in [-0.3, -0.25) is 0 Å². The van der Waals surface area contributed by atoms with Gasteiger partial charge in [0.05, 0.1) is 0 Å². The van der Waals surface area contributed by atoms with Crippen LogP contribution in [-0.4, -0.2) is 22.8 Å². The fourth-order valence-corrected chi connectivity index (χ4v) is 2.47. The van der Waals surface area contributed by atoms with Gasteiger partial charge in [-0.1, -0.05) is 24.6 Å². The first kappa shape index (κ1) is 11.5. The lowest BCUT2D eigenvalue weighted by Crippen LogP contribution is -2.12. The fourth-order valence-electron chi connectivity index (χ4n) is 2.09. The molecule has 0 atom stereocenters. The summed E-state index contributed by atoms with van der Waals surface area (Å²) in [6.45, 7) is 1.00. The number of hydrogen-bond acceptors (Lipinski definition) is 5. The molecule has 1 fully saturated rings. The third-order valence-corrected chi connectivity index (χ3v) is 3.50. The van der Waals surface area contributed by atoms with E-state index in [1.807, 2.05) is 6.26 Å². The summed E-state index contributed by atoms with van der Waals surface area (Å²) in [4.78, 5) is 8.50. The Morgan fingerprint density at radius 1 is 1.44 bits per heavy atom. The maximum atomic E-state index is 5.71. The summed E-state index contributed by atoms with van der Waals surface area (Å²) in [5, 5.41) is 4.09. The van der Waals surface area contributed by atoms with E-state index in [1.54, 1.807) is 6.07 Å². The highest BCUT2D eigenvalue weighted by molar-refractivity contribution is 7.98. The van der Waals surface area contributed by atoms with Crippen LogP contribution >= 0.6 is 11.8 Å². The smallest absolute Gasteiger partial charge is 0.191 e. The van der Waals surface area contributed by atoms with Crippen LogP contribution in [-0.2, 0) is 0 Å². The van der Waals surface area contributed by atoms with Gasteiger partial charge in [0, 0.05) is 12.6 Å². The van der Waals surface area contributed by atoms with Crippen molar-refractivity contribution in [1.29, 1.82) is 0 Å². The molecule has 1 heterocycles. The third-order valence-electron chi connectivity index (χ3n) is 2.95. The number of thioether (sulfide) groups is 1. The summed E-state index contributed by atoms with van der Waals surface area (Å²) in [6.07, 6.45) is 7.37. The second-order valence-corrected chi connectivity index (χ2v) is 4.97. The van der Waals surface area contributed by atoms with E-state index in [0.29, 0.717) is 5.82 Å². The van der Waals surface area contributed by atoms with E-state index in [9.17, 15) is 0 Å². The van der Waals surface area contributed by atoms with Crippen LogP contribution in [0.1, 0.15) is 25.7 Å².